The molecule has 0 radical (unpaired) electrons. The Balaban J connectivity index is 1.67. The molecule has 1 aliphatic rings. The highest BCUT2D eigenvalue weighted by atomic mass is 16.6. The number of phenols is 4. The molecule has 1 aromatic heterocycles. The zero-order valence-electron chi connectivity index (χ0n) is 23.2. The zero-order chi connectivity index (χ0) is 31.9. The number of carbonyl (C=O) groups excluding carboxylic acids is 1. The summed E-state index contributed by atoms with van der Waals surface area (Å²) in [6, 6.07) is 9.51. The van der Waals surface area contributed by atoms with Crippen LogP contribution in [0.5, 0.6) is 34.5 Å². The van der Waals surface area contributed by atoms with Gasteiger partial charge in [-0.05, 0) is 36.4 Å². The Morgan fingerprint density at radius 2 is 1.57 bits per heavy atom. The van der Waals surface area contributed by atoms with Crippen molar-refractivity contribution in [3.8, 4) is 45.8 Å². The van der Waals surface area contributed by atoms with E-state index in [4.69, 9.17) is 23.4 Å². The number of hydrogen-bond acceptors (Lipinski definition) is 14. The van der Waals surface area contributed by atoms with Crippen LogP contribution in [0.2, 0.25) is 0 Å². The Hall–Kier alpha value is -5.02. The molecule has 5 atom stereocenters. The van der Waals surface area contributed by atoms with Crippen molar-refractivity contribution in [1.29, 1.82) is 0 Å². The van der Waals surface area contributed by atoms with Gasteiger partial charge in [0.25, 0.3) is 0 Å². The first-order valence-corrected chi connectivity index (χ1v) is 13.1. The molecule has 14 nitrogen and oxygen atoms in total. The van der Waals surface area contributed by atoms with Crippen LogP contribution in [0.25, 0.3) is 22.3 Å². The molecule has 1 saturated heterocycles. The summed E-state index contributed by atoms with van der Waals surface area (Å²) in [7, 11) is 2.76. The third-order valence-electron chi connectivity index (χ3n) is 7.27. The number of benzene rings is 3. The number of ether oxygens (including phenoxy) is 4. The molecule has 0 aliphatic carbocycles. The molecule has 4 aromatic rings. The number of methoxy groups -OCH3 is 2. The molecule has 44 heavy (non-hydrogen) atoms. The lowest BCUT2D eigenvalue weighted by molar-refractivity contribution is -0.231. The molecule has 0 unspecified atom stereocenters. The third kappa shape index (κ3) is 5.31. The maximum Gasteiger partial charge on any atom is 0.338 e. The van der Waals surface area contributed by atoms with Crippen LogP contribution < -0.4 is 14.9 Å². The van der Waals surface area contributed by atoms with Crippen molar-refractivity contribution in [3.05, 3.63) is 69.9 Å². The van der Waals surface area contributed by atoms with Crippen molar-refractivity contribution in [2.24, 2.45) is 0 Å². The van der Waals surface area contributed by atoms with Crippen LogP contribution in [-0.2, 0) is 9.47 Å². The molecule has 232 valence electrons. The van der Waals surface area contributed by atoms with Gasteiger partial charge in [0.1, 0.15) is 47.1 Å². The fourth-order valence-electron chi connectivity index (χ4n) is 5.02. The lowest BCUT2D eigenvalue weighted by Crippen LogP contribution is -2.56. The molecule has 0 spiro atoms. The molecule has 0 saturated carbocycles. The molecule has 2 heterocycles. The molecule has 0 bridgehead atoms. The molecule has 0 amide bonds. The highest BCUT2D eigenvalue weighted by molar-refractivity contribution is 5.91. The molecule has 14 heteroatoms. The minimum Gasteiger partial charge on any atom is -0.507 e. The van der Waals surface area contributed by atoms with Crippen LogP contribution in [0.15, 0.2) is 57.7 Å². The van der Waals surface area contributed by atoms with Crippen LogP contribution in [0, 0.1) is 0 Å². The Kier molecular flexibility index (Phi) is 8.25. The standard InChI is InChI=1S/C30H28O14/c1-40-19-6-4-13(8-21(19)41-2)30(39)44-29-26(38)25(37)22(11-31)43-28(29)24-17(35)9-16(34)23-18(36)10-20(42-27(23)24)12-3-5-14(32)15(33)7-12/h3-10,22,25-26,28-29,31-35,37-38H,11H2,1-2H3/t22-,25-,26+,28+,29-/m1/s1. The molecule has 5 rings (SSSR count). The Morgan fingerprint density at radius 3 is 2.23 bits per heavy atom. The van der Waals surface area contributed by atoms with Gasteiger partial charge in [0.2, 0.25) is 0 Å². The van der Waals surface area contributed by atoms with E-state index in [1.54, 1.807) is 0 Å². The monoisotopic (exact) mass is 612 g/mol. The van der Waals surface area contributed by atoms with E-state index in [9.17, 15) is 45.3 Å². The van der Waals surface area contributed by atoms with Gasteiger partial charge < -0.3 is 59.1 Å². The number of rotatable bonds is 7. The smallest absolute Gasteiger partial charge is 0.338 e. The minimum absolute atomic E-state index is 0.0480. The second kappa shape index (κ2) is 11.9. The predicted octanol–water partition coefficient (Wildman–Crippen LogP) is 1.68. The SMILES string of the molecule is COc1ccc(C(=O)O[C@@H]2[C@@H](O)[C@H](O)[C@@H](CO)O[C@H]2c2c(O)cc(O)c3c(=O)cc(-c4ccc(O)c(O)c4)oc23)cc1OC. The first-order chi connectivity index (χ1) is 21.0. The fourth-order valence-corrected chi connectivity index (χ4v) is 5.02. The van der Waals surface area contributed by atoms with Gasteiger partial charge in [-0.2, -0.15) is 0 Å². The van der Waals surface area contributed by atoms with Gasteiger partial charge in [-0.1, -0.05) is 0 Å². The van der Waals surface area contributed by atoms with E-state index in [1.807, 2.05) is 0 Å². The average molecular weight is 613 g/mol. The Labute approximate surface area is 248 Å². The summed E-state index contributed by atoms with van der Waals surface area (Å²) < 4.78 is 27.7. The number of aliphatic hydroxyl groups is 3. The van der Waals surface area contributed by atoms with Crippen molar-refractivity contribution in [3.63, 3.8) is 0 Å². The van der Waals surface area contributed by atoms with Gasteiger partial charge in [0, 0.05) is 17.7 Å². The number of aromatic hydroxyl groups is 4. The van der Waals surface area contributed by atoms with E-state index < -0.39 is 82.5 Å². The largest absolute Gasteiger partial charge is 0.507 e. The first-order valence-electron chi connectivity index (χ1n) is 13.1. The summed E-state index contributed by atoms with van der Waals surface area (Å²) in [6.45, 7) is -0.802. The van der Waals surface area contributed by atoms with Crippen LogP contribution in [0.3, 0.4) is 0 Å². The topological polar surface area (TPSA) is 226 Å². The van der Waals surface area contributed by atoms with Crippen molar-refractivity contribution in [2.75, 3.05) is 20.8 Å². The van der Waals surface area contributed by atoms with Gasteiger partial charge in [0.05, 0.1) is 32.0 Å². The maximum atomic E-state index is 13.3. The Bertz CT molecular complexity index is 1780. The van der Waals surface area contributed by atoms with E-state index in [1.165, 1.54) is 38.5 Å². The fraction of sp³-hybridized carbons (Fsp3) is 0.267. The van der Waals surface area contributed by atoms with Crippen molar-refractivity contribution in [1.82, 2.24) is 0 Å². The summed E-state index contributed by atoms with van der Waals surface area (Å²) in [5.74, 6) is -3.02. The minimum atomic E-state index is -1.89. The van der Waals surface area contributed by atoms with E-state index in [0.717, 1.165) is 24.3 Å². The van der Waals surface area contributed by atoms with Crippen molar-refractivity contribution in [2.45, 2.75) is 30.5 Å². The number of esters is 1. The van der Waals surface area contributed by atoms with Gasteiger partial charge in [-0.25, -0.2) is 4.79 Å². The van der Waals surface area contributed by atoms with E-state index in [2.05, 4.69) is 0 Å². The van der Waals surface area contributed by atoms with Crippen LogP contribution in [0.4, 0.5) is 0 Å². The van der Waals surface area contributed by atoms with Crippen LogP contribution in [0.1, 0.15) is 22.0 Å². The second-order valence-corrected chi connectivity index (χ2v) is 9.91. The van der Waals surface area contributed by atoms with Crippen LogP contribution in [-0.4, -0.2) is 87.0 Å². The molecule has 1 fully saturated rings. The first kappa shape index (κ1) is 30.4. The molecular formula is C30H28O14. The summed E-state index contributed by atoms with van der Waals surface area (Å²) in [5.41, 5.74) is -1.53. The summed E-state index contributed by atoms with van der Waals surface area (Å²) in [4.78, 5) is 26.5. The summed E-state index contributed by atoms with van der Waals surface area (Å²) in [5, 5.41) is 72.4. The highest BCUT2D eigenvalue weighted by Gasteiger charge is 2.49. The number of hydrogen-bond donors (Lipinski definition) is 7. The zero-order valence-corrected chi connectivity index (χ0v) is 23.2. The molecule has 1 aliphatic heterocycles. The number of fused-ring (bicyclic) bond motifs is 1. The lowest BCUT2D eigenvalue weighted by atomic mass is 9.89. The highest BCUT2D eigenvalue weighted by Crippen LogP contribution is 2.45. The van der Waals surface area contributed by atoms with Gasteiger partial charge >= 0.3 is 5.97 Å². The molecule has 7 N–H and O–H groups in total. The number of aliphatic hydroxyl groups excluding tert-OH is 3. The average Bonchev–Trinajstić information content (AvgIpc) is 3.00. The van der Waals surface area contributed by atoms with Gasteiger partial charge in [-0.15, -0.1) is 0 Å². The second-order valence-electron chi connectivity index (χ2n) is 9.91. The normalized spacial score (nSPS) is 21.6. The summed E-state index contributed by atoms with van der Waals surface area (Å²) in [6.07, 6.45) is -8.53. The Morgan fingerprint density at radius 1 is 0.841 bits per heavy atom. The van der Waals surface area contributed by atoms with Gasteiger partial charge in [0.15, 0.2) is 40.1 Å². The molecular weight excluding hydrogens is 584 g/mol. The van der Waals surface area contributed by atoms with Crippen LogP contribution >= 0.6 is 0 Å². The number of phenolic OH excluding ortho intramolecular Hbond substituents is 4. The lowest BCUT2D eigenvalue weighted by Gasteiger charge is -2.42. The van der Waals surface area contributed by atoms with Gasteiger partial charge in [-0.3, -0.25) is 4.79 Å². The van der Waals surface area contributed by atoms with Crippen molar-refractivity contribution >= 4 is 16.9 Å². The van der Waals surface area contributed by atoms with E-state index >= 15 is 0 Å². The maximum absolute atomic E-state index is 13.3. The third-order valence-corrected chi connectivity index (χ3v) is 7.27. The number of carbonyl (C=O) groups is 1. The van der Waals surface area contributed by atoms with Crippen molar-refractivity contribution < 1.29 is 63.9 Å². The quantitative estimate of drug-likeness (QED) is 0.116. The summed E-state index contributed by atoms with van der Waals surface area (Å²) >= 11 is 0. The predicted molar refractivity (Wildman–Crippen MR) is 150 cm³/mol. The van der Waals surface area contributed by atoms with E-state index in [0.29, 0.717) is 5.75 Å². The van der Waals surface area contributed by atoms with E-state index in [-0.39, 0.29) is 28.2 Å². The molecule has 3 aromatic carbocycles.